The van der Waals surface area contributed by atoms with Gasteiger partial charge in [-0.15, -0.1) is 0 Å². The Hall–Kier alpha value is -1.39. The number of carbonyl (C=O) groups excluding carboxylic acids is 3. The normalized spacial score (nSPS) is 14.5. The van der Waals surface area contributed by atoms with Crippen molar-refractivity contribution in [1.82, 2.24) is 5.32 Å². The summed E-state index contributed by atoms with van der Waals surface area (Å²) in [6.07, 6.45) is 2.04. The highest BCUT2D eigenvalue weighted by atomic mass is 16.5. The van der Waals surface area contributed by atoms with Crippen LogP contribution in [0.3, 0.4) is 0 Å². The third-order valence-electron chi connectivity index (χ3n) is 2.24. The Morgan fingerprint density at radius 3 is 2.47 bits per heavy atom. The molecule has 0 unspecified atom stereocenters. The second-order valence-electron chi connectivity index (χ2n) is 3.61. The van der Waals surface area contributed by atoms with Crippen molar-refractivity contribution in [2.24, 2.45) is 5.92 Å². The number of carbonyl (C=O) groups is 3. The zero-order chi connectivity index (χ0) is 11.3. The molecule has 84 valence electrons. The number of amides is 1. The van der Waals surface area contributed by atoms with Gasteiger partial charge in [0.2, 0.25) is 5.91 Å². The van der Waals surface area contributed by atoms with Crippen LogP contribution in [-0.2, 0) is 19.1 Å². The molecule has 5 heteroatoms. The molecule has 5 nitrogen and oxygen atoms in total. The van der Waals surface area contributed by atoms with E-state index in [1.54, 1.807) is 0 Å². The maximum Gasteiger partial charge on any atom is 0.305 e. The molecule has 1 amide bonds. The number of ether oxygens (including phenoxy) is 1. The summed E-state index contributed by atoms with van der Waals surface area (Å²) >= 11 is 0. The van der Waals surface area contributed by atoms with Crippen LogP contribution in [0.1, 0.15) is 25.7 Å². The number of rotatable bonds is 6. The average Bonchev–Trinajstić information content (AvgIpc) is 3.05. The molecule has 0 spiro atoms. The Balaban J connectivity index is 2.07. The lowest BCUT2D eigenvalue weighted by atomic mass is 10.2. The number of esters is 1. The summed E-state index contributed by atoms with van der Waals surface area (Å²) in [5.41, 5.74) is 0. The first kappa shape index (κ1) is 11.7. The highest BCUT2D eigenvalue weighted by molar-refractivity contribution is 5.89. The Morgan fingerprint density at radius 2 is 1.93 bits per heavy atom. The fourth-order valence-electron chi connectivity index (χ4n) is 1.11. The number of methoxy groups -OCH3 is 1. The summed E-state index contributed by atoms with van der Waals surface area (Å²) < 4.78 is 4.40. The van der Waals surface area contributed by atoms with Crippen LogP contribution in [0.2, 0.25) is 0 Å². The van der Waals surface area contributed by atoms with Crippen LogP contribution in [0, 0.1) is 5.92 Å². The van der Waals surface area contributed by atoms with E-state index < -0.39 is 5.97 Å². The lowest BCUT2D eigenvalue weighted by Crippen LogP contribution is -2.30. The zero-order valence-corrected chi connectivity index (χ0v) is 8.75. The van der Waals surface area contributed by atoms with Crippen molar-refractivity contribution < 1.29 is 19.1 Å². The van der Waals surface area contributed by atoms with Gasteiger partial charge in [-0.25, -0.2) is 0 Å². The SMILES string of the molecule is COC(=O)CCC(=O)CNC(=O)C1CC1. The minimum Gasteiger partial charge on any atom is -0.469 e. The van der Waals surface area contributed by atoms with E-state index in [4.69, 9.17) is 0 Å². The first-order chi connectivity index (χ1) is 7.13. The van der Waals surface area contributed by atoms with Gasteiger partial charge in [-0.05, 0) is 12.8 Å². The van der Waals surface area contributed by atoms with Crippen LogP contribution in [-0.4, -0.2) is 31.3 Å². The lowest BCUT2D eigenvalue weighted by molar-refractivity contribution is -0.141. The fraction of sp³-hybridized carbons (Fsp3) is 0.700. The van der Waals surface area contributed by atoms with Gasteiger partial charge in [-0.3, -0.25) is 14.4 Å². The summed E-state index contributed by atoms with van der Waals surface area (Å²) in [5, 5.41) is 2.55. The summed E-state index contributed by atoms with van der Waals surface area (Å²) in [6, 6.07) is 0. The first-order valence-electron chi connectivity index (χ1n) is 4.99. The minimum atomic E-state index is -0.406. The molecule has 0 bridgehead atoms. The first-order valence-corrected chi connectivity index (χ1v) is 4.99. The third kappa shape index (κ3) is 4.58. The maximum atomic E-state index is 11.2. The molecule has 0 aliphatic heterocycles. The quantitative estimate of drug-likeness (QED) is 0.632. The van der Waals surface area contributed by atoms with Gasteiger partial charge in [-0.2, -0.15) is 0 Å². The van der Waals surface area contributed by atoms with E-state index in [9.17, 15) is 14.4 Å². The van der Waals surface area contributed by atoms with Gasteiger partial charge in [0.1, 0.15) is 0 Å². The number of hydrogen-bond donors (Lipinski definition) is 1. The van der Waals surface area contributed by atoms with Crippen LogP contribution in [0.4, 0.5) is 0 Å². The third-order valence-corrected chi connectivity index (χ3v) is 2.24. The monoisotopic (exact) mass is 213 g/mol. The second-order valence-corrected chi connectivity index (χ2v) is 3.61. The molecule has 15 heavy (non-hydrogen) atoms. The lowest BCUT2D eigenvalue weighted by Gasteiger charge is -2.02. The van der Waals surface area contributed by atoms with Crippen LogP contribution < -0.4 is 5.32 Å². The molecule has 1 saturated carbocycles. The average molecular weight is 213 g/mol. The summed E-state index contributed by atoms with van der Waals surface area (Å²) in [5.74, 6) is -0.494. The summed E-state index contributed by atoms with van der Waals surface area (Å²) in [7, 11) is 1.28. The highest BCUT2D eigenvalue weighted by Gasteiger charge is 2.29. The number of Topliss-reactive ketones (excluding diaryl/α,β-unsaturated/α-hetero) is 1. The molecular weight excluding hydrogens is 198 g/mol. The van der Waals surface area contributed by atoms with Crippen LogP contribution in [0.5, 0.6) is 0 Å². The largest absolute Gasteiger partial charge is 0.469 e. The fourth-order valence-corrected chi connectivity index (χ4v) is 1.11. The Morgan fingerprint density at radius 1 is 1.27 bits per heavy atom. The number of nitrogens with one attached hydrogen (secondary N) is 1. The maximum absolute atomic E-state index is 11.2. The Bertz CT molecular complexity index is 271. The molecule has 0 radical (unpaired) electrons. The van der Waals surface area contributed by atoms with Crippen molar-refractivity contribution in [3.8, 4) is 0 Å². The molecule has 1 rings (SSSR count). The van der Waals surface area contributed by atoms with E-state index in [0.29, 0.717) is 0 Å². The van der Waals surface area contributed by atoms with Gasteiger partial charge in [0.25, 0.3) is 0 Å². The van der Waals surface area contributed by atoms with Crippen molar-refractivity contribution >= 4 is 17.7 Å². The molecule has 0 aromatic heterocycles. The minimum absolute atomic E-state index is 0.0202. The molecule has 0 aromatic rings. The van der Waals surface area contributed by atoms with Crippen LogP contribution >= 0.6 is 0 Å². The van der Waals surface area contributed by atoms with Gasteiger partial charge >= 0.3 is 5.97 Å². The molecule has 0 heterocycles. The van der Waals surface area contributed by atoms with Gasteiger partial charge in [0.05, 0.1) is 20.1 Å². The molecular formula is C10H15NO4. The van der Waals surface area contributed by atoms with Gasteiger partial charge in [0.15, 0.2) is 5.78 Å². The van der Waals surface area contributed by atoms with E-state index in [-0.39, 0.29) is 37.0 Å². The smallest absolute Gasteiger partial charge is 0.305 e. The number of hydrogen-bond acceptors (Lipinski definition) is 4. The van der Waals surface area contributed by atoms with Crippen LogP contribution in [0.25, 0.3) is 0 Å². The van der Waals surface area contributed by atoms with Crippen molar-refractivity contribution in [2.75, 3.05) is 13.7 Å². The molecule has 1 aliphatic rings. The topological polar surface area (TPSA) is 72.5 Å². The van der Waals surface area contributed by atoms with Crippen molar-refractivity contribution in [2.45, 2.75) is 25.7 Å². The highest BCUT2D eigenvalue weighted by Crippen LogP contribution is 2.28. The van der Waals surface area contributed by atoms with Crippen molar-refractivity contribution in [3.05, 3.63) is 0 Å². The Kier molecular flexibility index (Phi) is 4.27. The molecule has 0 atom stereocenters. The summed E-state index contributed by atoms with van der Waals surface area (Å²) in [4.78, 5) is 33.0. The van der Waals surface area contributed by atoms with E-state index in [1.807, 2.05) is 0 Å². The predicted octanol–water partition coefficient (Wildman–Crippen LogP) is 0.0349. The summed E-state index contributed by atoms with van der Waals surface area (Å²) in [6.45, 7) is 0.0202. The van der Waals surface area contributed by atoms with Gasteiger partial charge in [0, 0.05) is 12.3 Å². The second kappa shape index (κ2) is 5.48. The van der Waals surface area contributed by atoms with Crippen molar-refractivity contribution in [3.63, 3.8) is 0 Å². The van der Waals surface area contributed by atoms with Crippen molar-refractivity contribution in [1.29, 1.82) is 0 Å². The Labute approximate surface area is 88.2 Å². The molecule has 1 fully saturated rings. The predicted molar refractivity (Wildman–Crippen MR) is 52.0 cm³/mol. The van der Waals surface area contributed by atoms with Crippen LogP contribution in [0.15, 0.2) is 0 Å². The van der Waals surface area contributed by atoms with E-state index in [2.05, 4.69) is 10.1 Å². The molecule has 1 aliphatic carbocycles. The molecule has 0 saturated heterocycles. The molecule has 1 N–H and O–H groups in total. The number of ketones is 1. The zero-order valence-electron chi connectivity index (χ0n) is 8.75. The van der Waals surface area contributed by atoms with Gasteiger partial charge in [-0.1, -0.05) is 0 Å². The standard InChI is InChI=1S/C10H15NO4/c1-15-9(13)5-4-8(12)6-11-10(14)7-2-3-7/h7H,2-6H2,1H3,(H,11,14). The van der Waals surface area contributed by atoms with E-state index in [1.165, 1.54) is 7.11 Å². The molecule has 0 aromatic carbocycles. The van der Waals surface area contributed by atoms with E-state index >= 15 is 0 Å². The van der Waals surface area contributed by atoms with E-state index in [0.717, 1.165) is 12.8 Å². The van der Waals surface area contributed by atoms with Gasteiger partial charge < -0.3 is 10.1 Å².